The molecule has 3 aromatic heterocycles. The lowest BCUT2D eigenvalue weighted by molar-refractivity contribution is 0.633. The Balaban J connectivity index is 1.21. The minimum atomic E-state index is 0.808. The van der Waals surface area contributed by atoms with Crippen molar-refractivity contribution in [2.75, 3.05) is 0 Å². The van der Waals surface area contributed by atoms with Gasteiger partial charge in [-0.2, -0.15) is 0 Å². The summed E-state index contributed by atoms with van der Waals surface area (Å²) in [7, 11) is 0. The normalized spacial score (nSPS) is 12.2. The van der Waals surface area contributed by atoms with E-state index in [1.165, 1.54) is 47.6 Å². The van der Waals surface area contributed by atoms with Gasteiger partial charge in [-0.25, -0.2) is 0 Å². The molecular weight excluding hydrogens is 545 g/mol. The Morgan fingerprint density at radius 1 is 0.395 bits per heavy atom. The van der Waals surface area contributed by atoms with Crippen LogP contribution >= 0.6 is 11.3 Å². The van der Waals surface area contributed by atoms with Crippen LogP contribution in [0.15, 0.2) is 142 Å². The van der Waals surface area contributed by atoms with E-state index in [0.29, 0.717) is 0 Å². The van der Waals surface area contributed by atoms with E-state index in [1.54, 1.807) is 0 Å². The molecule has 3 heteroatoms. The second-order valence-electron chi connectivity index (χ2n) is 11.2. The molecule has 0 N–H and O–H groups in total. The Morgan fingerprint density at radius 3 is 1.84 bits per heavy atom. The molecule has 0 aliphatic heterocycles. The molecule has 10 aromatic rings. The second-order valence-corrected chi connectivity index (χ2v) is 12.3. The van der Waals surface area contributed by atoms with Crippen molar-refractivity contribution < 1.29 is 8.83 Å². The number of rotatable bonds is 2. The van der Waals surface area contributed by atoms with Crippen LogP contribution < -0.4 is 0 Å². The highest BCUT2D eigenvalue weighted by Gasteiger charge is 2.21. The van der Waals surface area contributed by atoms with Crippen LogP contribution in [-0.4, -0.2) is 0 Å². The smallest absolute Gasteiger partial charge is 0.179 e. The van der Waals surface area contributed by atoms with Gasteiger partial charge >= 0.3 is 0 Å². The summed E-state index contributed by atoms with van der Waals surface area (Å²) in [6.45, 7) is 0. The highest BCUT2D eigenvalue weighted by atomic mass is 32.1. The summed E-state index contributed by atoms with van der Waals surface area (Å²) in [5.41, 5.74) is 8.20. The maximum absolute atomic E-state index is 6.57. The Labute approximate surface area is 250 Å². The molecule has 0 radical (unpaired) electrons. The lowest BCUT2D eigenvalue weighted by Crippen LogP contribution is -1.82. The second kappa shape index (κ2) is 8.57. The molecule has 0 unspecified atom stereocenters. The first kappa shape index (κ1) is 23.2. The molecule has 2 nitrogen and oxygen atoms in total. The predicted molar refractivity (Wildman–Crippen MR) is 182 cm³/mol. The van der Waals surface area contributed by atoms with Crippen molar-refractivity contribution in [2.24, 2.45) is 0 Å². The fourth-order valence-electron chi connectivity index (χ4n) is 6.94. The summed E-state index contributed by atoms with van der Waals surface area (Å²) in [4.78, 5) is 0. The summed E-state index contributed by atoms with van der Waals surface area (Å²) in [5.74, 6) is 0. The average Bonchev–Trinajstić information content (AvgIpc) is 3.76. The van der Waals surface area contributed by atoms with Crippen LogP contribution in [0.5, 0.6) is 0 Å². The molecule has 10 rings (SSSR count). The quantitative estimate of drug-likeness (QED) is 0.208. The molecule has 7 aromatic carbocycles. The predicted octanol–water partition coefficient (Wildman–Crippen LogP) is 12.3. The van der Waals surface area contributed by atoms with Crippen molar-refractivity contribution in [1.82, 2.24) is 0 Å². The largest absolute Gasteiger partial charge is 0.452 e. The van der Waals surface area contributed by atoms with E-state index in [1.807, 2.05) is 23.5 Å². The number of benzene rings is 7. The van der Waals surface area contributed by atoms with Gasteiger partial charge in [0.25, 0.3) is 0 Å². The number of fused-ring (bicyclic) bond motifs is 13. The molecule has 0 amide bonds. The van der Waals surface area contributed by atoms with Crippen molar-refractivity contribution in [2.45, 2.75) is 0 Å². The first-order valence-electron chi connectivity index (χ1n) is 14.5. The third kappa shape index (κ3) is 3.23. The number of thiophene rings is 1. The molecule has 0 atom stereocenters. The van der Waals surface area contributed by atoms with Gasteiger partial charge in [-0.3, -0.25) is 0 Å². The van der Waals surface area contributed by atoms with E-state index in [0.717, 1.165) is 49.4 Å². The van der Waals surface area contributed by atoms with Gasteiger partial charge in [-0.1, -0.05) is 103 Å². The van der Waals surface area contributed by atoms with Crippen LogP contribution in [0.4, 0.5) is 0 Å². The molecular formula is C40H22O2S. The zero-order valence-electron chi connectivity index (χ0n) is 22.9. The molecule has 200 valence electrons. The van der Waals surface area contributed by atoms with Crippen LogP contribution in [0.1, 0.15) is 0 Å². The standard InChI is InChI=1S/C40H22O2S/c1-2-13-29-28(12-1)36-31-14-3-5-17-33(31)41-38(36)39-37(29)32-22-24(19-20-34(32)42-39)23-9-7-10-25(21-23)26-15-8-16-30-27-11-4-6-18-35(27)43-40(26)30/h1-22H. The van der Waals surface area contributed by atoms with Crippen LogP contribution in [0, 0.1) is 0 Å². The topological polar surface area (TPSA) is 26.3 Å². The maximum Gasteiger partial charge on any atom is 0.179 e. The van der Waals surface area contributed by atoms with E-state index >= 15 is 0 Å². The van der Waals surface area contributed by atoms with Gasteiger partial charge in [0, 0.05) is 41.7 Å². The van der Waals surface area contributed by atoms with Gasteiger partial charge < -0.3 is 8.83 Å². The SMILES string of the molecule is c1cc(-c2ccc3oc4c5oc6ccccc6c5c5ccccc5c4c3c2)cc(-c2cccc3c2sc2ccccc23)c1. The molecule has 43 heavy (non-hydrogen) atoms. The molecule has 0 fully saturated rings. The summed E-state index contributed by atoms with van der Waals surface area (Å²) in [5, 5.41) is 9.43. The summed E-state index contributed by atoms with van der Waals surface area (Å²) in [6, 6.07) is 47.7. The Morgan fingerprint density at radius 2 is 1.00 bits per heavy atom. The van der Waals surface area contributed by atoms with Crippen molar-refractivity contribution >= 4 is 86.2 Å². The van der Waals surface area contributed by atoms with Crippen molar-refractivity contribution in [3.63, 3.8) is 0 Å². The van der Waals surface area contributed by atoms with Gasteiger partial charge in [-0.05, 0) is 63.4 Å². The number of hydrogen-bond acceptors (Lipinski definition) is 3. The van der Waals surface area contributed by atoms with E-state index in [2.05, 4.69) is 121 Å². The minimum Gasteiger partial charge on any atom is -0.452 e. The monoisotopic (exact) mass is 566 g/mol. The third-order valence-corrected chi connectivity index (χ3v) is 10.1. The Hall–Kier alpha value is -5.38. The number of para-hydroxylation sites is 1. The van der Waals surface area contributed by atoms with E-state index < -0.39 is 0 Å². The van der Waals surface area contributed by atoms with Crippen molar-refractivity contribution in [3.05, 3.63) is 133 Å². The van der Waals surface area contributed by atoms with Crippen LogP contribution in [0.3, 0.4) is 0 Å². The molecule has 3 heterocycles. The summed E-state index contributed by atoms with van der Waals surface area (Å²) < 4.78 is 15.7. The van der Waals surface area contributed by atoms with E-state index in [-0.39, 0.29) is 0 Å². The zero-order valence-corrected chi connectivity index (χ0v) is 23.7. The molecule has 0 saturated carbocycles. The third-order valence-electron chi connectivity index (χ3n) is 8.87. The van der Waals surface area contributed by atoms with Gasteiger partial charge in [-0.15, -0.1) is 11.3 Å². The van der Waals surface area contributed by atoms with Gasteiger partial charge in [0.15, 0.2) is 11.2 Å². The highest BCUT2D eigenvalue weighted by molar-refractivity contribution is 7.26. The Kier molecular flexibility index (Phi) is 4.63. The van der Waals surface area contributed by atoms with Crippen LogP contribution in [0.2, 0.25) is 0 Å². The fourth-order valence-corrected chi connectivity index (χ4v) is 8.18. The number of furan rings is 2. The first-order valence-corrected chi connectivity index (χ1v) is 15.3. The zero-order chi connectivity index (χ0) is 28.1. The van der Waals surface area contributed by atoms with E-state index in [9.17, 15) is 0 Å². The minimum absolute atomic E-state index is 0.808. The van der Waals surface area contributed by atoms with Crippen LogP contribution in [0.25, 0.3) is 97.1 Å². The molecule has 0 aliphatic rings. The molecule has 0 aliphatic carbocycles. The summed E-state index contributed by atoms with van der Waals surface area (Å²) in [6.07, 6.45) is 0. The maximum atomic E-state index is 6.57. The highest BCUT2D eigenvalue weighted by Crippen LogP contribution is 2.45. The molecule has 0 bridgehead atoms. The van der Waals surface area contributed by atoms with Gasteiger partial charge in [0.1, 0.15) is 11.2 Å². The molecule has 0 spiro atoms. The summed E-state index contributed by atoms with van der Waals surface area (Å²) >= 11 is 1.87. The van der Waals surface area contributed by atoms with Crippen LogP contribution in [-0.2, 0) is 0 Å². The van der Waals surface area contributed by atoms with Crippen molar-refractivity contribution in [3.8, 4) is 22.3 Å². The average molecular weight is 567 g/mol. The lowest BCUT2D eigenvalue weighted by Gasteiger charge is -2.08. The van der Waals surface area contributed by atoms with Gasteiger partial charge in [0.05, 0.1) is 0 Å². The van der Waals surface area contributed by atoms with Crippen molar-refractivity contribution in [1.29, 1.82) is 0 Å². The fraction of sp³-hybridized carbons (Fsp3) is 0. The van der Waals surface area contributed by atoms with E-state index in [4.69, 9.17) is 8.83 Å². The Bertz CT molecular complexity index is 2740. The molecule has 0 saturated heterocycles. The number of hydrogen-bond donors (Lipinski definition) is 0. The van der Waals surface area contributed by atoms with Gasteiger partial charge in [0.2, 0.25) is 0 Å². The lowest BCUT2D eigenvalue weighted by atomic mass is 9.95. The first-order chi connectivity index (χ1) is 21.3.